The molecule has 28 heavy (non-hydrogen) atoms. The molecule has 2 saturated heterocycles. The van der Waals surface area contributed by atoms with Crippen LogP contribution in [0.1, 0.15) is 74.6 Å². The summed E-state index contributed by atoms with van der Waals surface area (Å²) >= 11 is 0. The van der Waals surface area contributed by atoms with Crippen molar-refractivity contribution in [1.29, 1.82) is 0 Å². The van der Waals surface area contributed by atoms with Gasteiger partial charge in [-0.3, -0.25) is 4.90 Å². The van der Waals surface area contributed by atoms with Crippen LogP contribution in [0.25, 0.3) is 0 Å². The maximum absolute atomic E-state index is 13.2. The molecule has 4 rings (SSSR count). The van der Waals surface area contributed by atoms with Crippen LogP contribution in [0.3, 0.4) is 0 Å². The van der Waals surface area contributed by atoms with Crippen molar-refractivity contribution in [2.45, 2.75) is 77.3 Å². The molecule has 3 atom stereocenters. The van der Waals surface area contributed by atoms with Gasteiger partial charge in [-0.1, -0.05) is 49.9 Å². The summed E-state index contributed by atoms with van der Waals surface area (Å²) in [6.45, 7) is 7.24. The number of aryl methyl sites for hydroxylation is 1. The highest BCUT2D eigenvalue weighted by Gasteiger charge is 2.45. The third-order valence-electron chi connectivity index (χ3n) is 7.18. The highest BCUT2D eigenvalue weighted by atomic mass is 32.2. The van der Waals surface area contributed by atoms with Gasteiger partial charge in [0.1, 0.15) is 0 Å². The van der Waals surface area contributed by atoms with Crippen molar-refractivity contribution in [3.63, 3.8) is 0 Å². The number of unbranched alkanes of at least 4 members (excludes halogenated alkanes) is 3. The van der Waals surface area contributed by atoms with E-state index in [0.29, 0.717) is 17.7 Å². The number of fused-ring (bicyclic) bond motifs is 4. The van der Waals surface area contributed by atoms with E-state index in [1.807, 2.05) is 4.31 Å². The van der Waals surface area contributed by atoms with Gasteiger partial charge in [0.2, 0.25) is 10.0 Å². The minimum atomic E-state index is -3.14. The normalized spacial score (nSPS) is 28.4. The van der Waals surface area contributed by atoms with Crippen molar-refractivity contribution in [2.75, 3.05) is 25.4 Å². The van der Waals surface area contributed by atoms with Crippen LogP contribution in [0.15, 0.2) is 18.2 Å². The zero-order valence-electron chi connectivity index (χ0n) is 17.6. The molecule has 0 aromatic heterocycles. The summed E-state index contributed by atoms with van der Waals surface area (Å²) in [7, 11) is -3.14. The molecule has 0 aliphatic carbocycles. The molecule has 0 amide bonds. The summed E-state index contributed by atoms with van der Waals surface area (Å²) in [4.78, 5) is 2.64. The Balaban J connectivity index is 1.53. The summed E-state index contributed by atoms with van der Waals surface area (Å²) in [6, 6.07) is 7.44. The summed E-state index contributed by atoms with van der Waals surface area (Å²) in [5, 5.41) is 0. The zero-order chi connectivity index (χ0) is 19.7. The van der Waals surface area contributed by atoms with Crippen LogP contribution in [0.2, 0.25) is 0 Å². The van der Waals surface area contributed by atoms with E-state index in [9.17, 15) is 8.42 Å². The topological polar surface area (TPSA) is 40.6 Å². The molecular weight excluding hydrogens is 368 g/mol. The molecule has 4 nitrogen and oxygen atoms in total. The van der Waals surface area contributed by atoms with Crippen LogP contribution in [-0.4, -0.2) is 49.1 Å². The molecule has 0 radical (unpaired) electrons. The van der Waals surface area contributed by atoms with Gasteiger partial charge in [0.25, 0.3) is 0 Å². The van der Waals surface area contributed by atoms with E-state index in [1.54, 1.807) is 0 Å². The van der Waals surface area contributed by atoms with E-state index in [2.05, 4.69) is 36.9 Å². The number of benzene rings is 1. The second kappa shape index (κ2) is 8.45. The Morgan fingerprint density at radius 2 is 2.00 bits per heavy atom. The molecule has 0 unspecified atom stereocenters. The highest BCUT2D eigenvalue weighted by Crippen LogP contribution is 2.43. The van der Waals surface area contributed by atoms with Crippen molar-refractivity contribution < 1.29 is 8.42 Å². The standard InChI is InChI=1S/C23H36N2O2S/c1-3-4-5-6-14-28(26,27)25-12-7-8-20-17-24-13-11-19-15-18(2)9-10-21(19)23(24)16-22(20)25/h9-10,15,20,22-23H,3-8,11-14,16-17H2,1-2H3/t20-,22+,23+/m1/s1. The fourth-order valence-corrected chi connectivity index (χ4v) is 7.60. The average molecular weight is 405 g/mol. The SMILES string of the molecule is CCCCCCS(=O)(=O)N1CCC[C@@H]2CN3CCc4cc(C)ccc4[C@@H]3C[C@@H]21. The molecule has 1 aromatic carbocycles. The predicted octanol–water partition coefficient (Wildman–Crippen LogP) is 4.29. The Hall–Kier alpha value is -0.910. The number of nitrogens with zero attached hydrogens (tertiary/aromatic N) is 2. The lowest BCUT2D eigenvalue weighted by Crippen LogP contribution is -2.57. The van der Waals surface area contributed by atoms with Gasteiger partial charge in [-0.2, -0.15) is 4.31 Å². The van der Waals surface area contributed by atoms with Gasteiger partial charge in [0.05, 0.1) is 5.75 Å². The Bertz CT molecular complexity index is 792. The molecule has 3 heterocycles. The molecule has 5 heteroatoms. The summed E-state index contributed by atoms with van der Waals surface area (Å²) in [5.74, 6) is 0.836. The lowest BCUT2D eigenvalue weighted by molar-refractivity contribution is 0.0220. The first-order chi connectivity index (χ1) is 13.5. The van der Waals surface area contributed by atoms with Crippen LogP contribution >= 0.6 is 0 Å². The third-order valence-corrected chi connectivity index (χ3v) is 9.15. The highest BCUT2D eigenvalue weighted by molar-refractivity contribution is 7.89. The van der Waals surface area contributed by atoms with E-state index >= 15 is 0 Å². The Morgan fingerprint density at radius 3 is 2.82 bits per heavy atom. The number of hydrogen-bond donors (Lipinski definition) is 0. The fraction of sp³-hybridized carbons (Fsp3) is 0.739. The second-order valence-corrected chi connectivity index (χ2v) is 11.2. The molecular formula is C23H36N2O2S. The summed E-state index contributed by atoms with van der Waals surface area (Å²) in [6.07, 6.45) is 8.40. The van der Waals surface area contributed by atoms with Crippen molar-refractivity contribution in [3.8, 4) is 0 Å². The van der Waals surface area contributed by atoms with Gasteiger partial charge < -0.3 is 0 Å². The molecule has 0 spiro atoms. The Kier molecular flexibility index (Phi) is 6.15. The van der Waals surface area contributed by atoms with E-state index in [0.717, 1.165) is 64.6 Å². The summed E-state index contributed by atoms with van der Waals surface area (Å²) < 4.78 is 28.3. The van der Waals surface area contributed by atoms with Crippen LogP contribution in [0.5, 0.6) is 0 Å². The first-order valence-electron chi connectivity index (χ1n) is 11.3. The van der Waals surface area contributed by atoms with E-state index in [-0.39, 0.29) is 6.04 Å². The lowest BCUT2D eigenvalue weighted by Gasteiger charge is -2.51. The van der Waals surface area contributed by atoms with Crippen LogP contribution < -0.4 is 0 Å². The number of piperidine rings is 2. The molecule has 3 aliphatic heterocycles. The quantitative estimate of drug-likeness (QED) is 0.664. The lowest BCUT2D eigenvalue weighted by atomic mass is 9.77. The largest absolute Gasteiger partial charge is 0.296 e. The monoisotopic (exact) mass is 404 g/mol. The maximum atomic E-state index is 13.2. The van der Waals surface area contributed by atoms with Gasteiger partial charge >= 0.3 is 0 Å². The van der Waals surface area contributed by atoms with Crippen molar-refractivity contribution in [3.05, 3.63) is 34.9 Å². The van der Waals surface area contributed by atoms with E-state index in [1.165, 1.54) is 23.1 Å². The van der Waals surface area contributed by atoms with Crippen molar-refractivity contribution in [2.24, 2.45) is 5.92 Å². The van der Waals surface area contributed by atoms with Gasteiger partial charge in [0.15, 0.2) is 0 Å². The second-order valence-electron chi connectivity index (χ2n) is 9.16. The van der Waals surface area contributed by atoms with E-state index < -0.39 is 10.0 Å². The molecule has 1 aromatic rings. The smallest absolute Gasteiger partial charge is 0.214 e. The molecule has 156 valence electrons. The Morgan fingerprint density at radius 1 is 1.14 bits per heavy atom. The van der Waals surface area contributed by atoms with Crippen LogP contribution in [0.4, 0.5) is 0 Å². The first kappa shape index (κ1) is 20.4. The first-order valence-corrected chi connectivity index (χ1v) is 12.9. The zero-order valence-corrected chi connectivity index (χ0v) is 18.4. The molecule has 0 N–H and O–H groups in total. The summed E-state index contributed by atoms with van der Waals surface area (Å²) in [5.41, 5.74) is 4.25. The van der Waals surface area contributed by atoms with Gasteiger partial charge in [-0.15, -0.1) is 0 Å². The molecule has 0 bridgehead atoms. The molecule has 0 saturated carbocycles. The Labute approximate surface area is 171 Å². The van der Waals surface area contributed by atoms with E-state index in [4.69, 9.17) is 0 Å². The number of sulfonamides is 1. The number of hydrogen-bond acceptors (Lipinski definition) is 3. The van der Waals surface area contributed by atoms with Crippen molar-refractivity contribution >= 4 is 10.0 Å². The average Bonchev–Trinajstić information content (AvgIpc) is 2.69. The minimum Gasteiger partial charge on any atom is -0.296 e. The van der Waals surface area contributed by atoms with Crippen LogP contribution in [0, 0.1) is 12.8 Å². The van der Waals surface area contributed by atoms with Crippen LogP contribution in [-0.2, 0) is 16.4 Å². The fourth-order valence-electron chi connectivity index (χ4n) is 5.72. The van der Waals surface area contributed by atoms with Gasteiger partial charge in [-0.25, -0.2) is 8.42 Å². The number of rotatable bonds is 6. The maximum Gasteiger partial charge on any atom is 0.214 e. The third kappa shape index (κ3) is 4.03. The van der Waals surface area contributed by atoms with Gasteiger partial charge in [-0.05, 0) is 56.1 Å². The predicted molar refractivity (Wildman–Crippen MR) is 115 cm³/mol. The minimum absolute atomic E-state index is 0.193. The molecule has 3 aliphatic rings. The van der Waals surface area contributed by atoms with Crippen molar-refractivity contribution in [1.82, 2.24) is 9.21 Å². The van der Waals surface area contributed by atoms with Gasteiger partial charge in [0, 0.05) is 31.7 Å². The molecule has 2 fully saturated rings.